The van der Waals surface area contributed by atoms with Gasteiger partial charge in [0, 0.05) is 17.8 Å². The molecule has 0 saturated carbocycles. The molecular formula is C11H12BrN3. The lowest BCUT2D eigenvalue weighted by Crippen LogP contribution is -1.99. The monoisotopic (exact) mass is 265 g/mol. The summed E-state index contributed by atoms with van der Waals surface area (Å²) in [5.41, 5.74) is 8.69. The van der Waals surface area contributed by atoms with Gasteiger partial charge in [0.1, 0.15) is 0 Å². The number of nitrogens with two attached hydrogens (primary N) is 1. The van der Waals surface area contributed by atoms with Crippen LogP contribution in [0.4, 0.5) is 5.69 Å². The highest BCUT2D eigenvalue weighted by atomic mass is 79.9. The summed E-state index contributed by atoms with van der Waals surface area (Å²) >= 11 is 3.50. The van der Waals surface area contributed by atoms with E-state index in [1.807, 2.05) is 35.1 Å². The average Bonchev–Trinajstić information content (AvgIpc) is 2.59. The molecule has 3 nitrogen and oxygen atoms in total. The molecule has 0 bridgehead atoms. The number of aryl methyl sites for hydroxylation is 1. The number of rotatable bonds is 2. The maximum atomic E-state index is 5.76. The number of hydrogen-bond acceptors (Lipinski definition) is 2. The molecule has 2 rings (SSSR count). The highest BCUT2D eigenvalue weighted by molar-refractivity contribution is 9.10. The van der Waals surface area contributed by atoms with Crippen LogP contribution in [0.5, 0.6) is 0 Å². The quantitative estimate of drug-likeness (QED) is 0.849. The van der Waals surface area contributed by atoms with Crippen LogP contribution in [0, 0.1) is 0 Å². The van der Waals surface area contributed by atoms with Gasteiger partial charge in [-0.3, -0.25) is 4.68 Å². The average molecular weight is 266 g/mol. The van der Waals surface area contributed by atoms with Crippen molar-refractivity contribution in [3.8, 4) is 11.3 Å². The van der Waals surface area contributed by atoms with Gasteiger partial charge in [-0.2, -0.15) is 5.10 Å². The van der Waals surface area contributed by atoms with Crippen LogP contribution in [0.25, 0.3) is 11.3 Å². The summed E-state index contributed by atoms with van der Waals surface area (Å²) in [5, 5.41) is 4.27. The van der Waals surface area contributed by atoms with Gasteiger partial charge in [-0.15, -0.1) is 0 Å². The van der Waals surface area contributed by atoms with Crippen molar-refractivity contribution in [1.29, 1.82) is 0 Å². The second-order valence-corrected chi connectivity index (χ2v) is 4.14. The molecule has 0 aliphatic rings. The molecule has 0 radical (unpaired) electrons. The van der Waals surface area contributed by atoms with Gasteiger partial charge >= 0.3 is 0 Å². The van der Waals surface area contributed by atoms with Gasteiger partial charge in [0.2, 0.25) is 0 Å². The minimum atomic E-state index is 0.767. The van der Waals surface area contributed by atoms with Crippen molar-refractivity contribution in [2.45, 2.75) is 13.5 Å². The Kier molecular flexibility index (Phi) is 2.77. The zero-order valence-corrected chi connectivity index (χ0v) is 10.0. The minimum absolute atomic E-state index is 0.767. The number of anilines is 1. The van der Waals surface area contributed by atoms with E-state index < -0.39 is 0 Å². The summed E-state index contributed by atoms with van der Waals surface area (Å²) in [6.07, 6.45) is 1.81. The summed E-state index contributed by atoms with van der Waals surface area (Å²) in [6, 6.07) is 7.81. The first-order valence-electron chi connectivity index (χ1n) is 4.79. The fourth-order valence-corrected chi connectivity index (χ4v) is 2.10. The Hall–Kier alpha value is -1.29. The SMILES string of the molecule is CCn1ncc(Br)c1-c1cccc(N)c1. The molecule has 0 atom stereocenters. The molecule has 0 fully saturated rings. The van der Waals surface area contributed by atoms with Gasteiger partial charge in [0.25, 0.3) is 0 Å². The van der Waals surface area contributed by atoms with Crippen LogP contribution < -0.4 is 5.73 Å². The molecule has 1 heterocycles. The number of nitrogen functional groups attached to an aromatic ring is 1. The van der Waals surface area contributed by atoms with Crippen LogP contribution in [0.1, 0.15) is 6.92 Å². The first kappa shape index (κ1) is 10.2. The fourth-order valence-electron chi connectivity index (χ4n) is 1.58. The molecule has 0 unspecified atom stereocenters. The Bertz CT molecular complexity index is 476. The second-order valence-electron chi connectivity index (χ2n) is 3.28. The molecule has 0 aliphatic carbocycles. The number of benzene rings is 1. The molecule has 0 saturated heterocycles. The molecule has 0 amide bonds. The van der Waals surface area contributed by atoms with E-state index in [1.165, 1.54) is 0 Å². The van der Waals surface area contributed by atoms with E-state index in [2.05, 4.69) is 28.0 Å². The maximum Gasteiger partial charge on any atom is 0.0825 e. The van der Waals surface area contributed by atoms with Gasteiger partial charge in [-0.25, -0.2) is 0 Å². The number of halogens is 1. The van der Waals surface area contributed by atoms with Crippen LogP contribution in [-0.2, 0) is 6.54 Å². The Morgan fingerprint density at radius 1 is 1.47 bits per heavy atom. The minimum Gasteiger partial charge on any atom is -0.399 e. The zero-order chi connectivity index (χ0) is 10.8. The largest absolute Gasteiger partial charge is 0.399 e. The van der Waals surface area contributed by atoms with Gasteiger partial charge in [-0.05, 0) is 35.0 Å². The van der Waals surface area contributed by atoms with E-state index in [1.54, 1.807) is 0 Å². The van der Waals surface area contributed by atoms with Gasteiger partial charge < -0.3 is 5.73 Å². The normalized spacial score (nSPS) is 10.5. The van der Waals surface area contributed by atoms with Crippen molar-refractivity contribution in [3.63, 3.8) is 0 Å². The summed E-state index contributed by atoms with van der Waals surface area (Å²) < 4.78 is 2.94. The van der Waals surface area contributed by atoms with Crippen LogP contribution in [0.15, 0.2) is 34.9 Å². The number of aromatic nitrogens is 2. The molecular weight excluding hydrogens is 254 g/mol. The van der Waals surface area contributed by atoms with E-state index in [-0.39, 0.29) is 0 Å². The molecule has 15 heavy (non-hydrogen) atoms. The van der Waals surface area contributed by atoms with Gasteiger partial charge in [-0.1, -0.05) is 12.1 Å². The lowest BCUT2D eigenvalue weighted by molar-refractivity contribution is 0.667. The van der Waals surface area contributed by atoms with Crippen molar-refractivity contribution in [1.82, 2.24) is 9.78 Å². The van der Waals surface area contributed by atoms with Crippen molar-refractivity contribution >= 4 is 21.6 Å². The Balaban J connectivity index is 2.57. The fraction of sp³-hybridized carbons (Fsp3) is 0.182. The Morgan fingerprint density at radius 2 is 2.27 bits per heavy atom. The zero-order valence-electron chi connectivity index (χ0n) is 8.44. The second kappa shape index (κ2) is 4.06. The highest BCUT2D eigenvalue weighted by Crippen LogP contribution is 2.28. The molecule has 0 aliphatic heterocycles. The van der Waals surface area contributed by atoms with E-state index in [0.29, 0.717) is 0 Å². The topological polar surface area (TPSA) is 43.8 Å². The van der Waals surface area contributed by atoms with Crippen molar-refractivity contribution in [2.24, 2.45) is 0 Å². The van der Waals surface area contributed by atoms with Crippen molar-refractivity contribution < 1.29 is 0 Å². The number of hydrogen-bond donors (Lipinski definition) is 1. The molecule has 2 aromatic rings. The first-order valence-corrected chi connectivity index (χ1v) is 5.59. The summed E-state index contributed by atoms with van der Waals surface area (Å²) in [5.74, 6) is 0. The maximum absolute atomic E-state index is 5.76. The van der Waals surface area contributed by atoms with Crippen LogP contribution >= 0.6 is 15.9 Å². The van der Waals surface area contributed by atoms with E-state index in [0.717, 1.165) is 28.0 Å². The summed E-state index contributed by atoms with van der Waals surface area (Å²) in [6.45, 7) is 2.91. The third-order valence-electron chi connectivity index (χ3n) is 2.25. The molecule has 2 N–H and O–H groups in total. The molecule has 0 spiro atoms. The smallest absolute Gasteiger partial charge is 0.0825 e. The molecule has 4 heteroatoms. The van der Waals surface area contributed by atoms with E-state index in [9.17, 15) is 0 Å². The standard InChI is InChI=1S/C11H12BrN3/c1-2-15-11(10(12)7-14-15)8-4-3-5-9(13)6-8/h3-7H,2,13H2,1H3. The predicted octanol–water partition coefficient (Wildman–Crippen LogP) is 2.91. The van der Waals surface area contributed by atoms with Crippen molar-refractivity contribution in [3.05, 3.63) is 34.9 Å². The van der Waals surface area contributed by atoms with Crippen LogP contribution in [0.3, 0.4) is 0 Å². The predicted molar refractivity (Wildman–Crippen MR) is 65.4 cm³/mol. The lowest BCUT2D eigenvalue weighted by Gasteiger charge is -2.06. The highest BCUT2D eigenvalue weighted by Gasteiger charge is 2.09. The Labute approximate surface area is 97.0 Å². The molecule has 1 aromatic heterocycles. The summed E-state index contributed by atoms with van der Waals surface area (Å²) in [4.78, 5) is 0. The first-order chi connectivity index (χ1) is 7.22. The third-order valence-corrected chi connectivity index (χ3v) is 2.83. The summed E-state index contributed by atoms with van der Waals surface area (Å²) in [7, 11) is 0. The van der Waals surface area contributed by atoms with E-state index >= 15 is 0 Å². The van der Waals surface area contributed by atoms with Crippen molar-refractivity contribution in [2.75, 3.05) is 5.73 Å². The lowest BCUT2D eigenvalue weighted by atomic mass is 10.1. The van der Waals surface area contributed by atoms with Crippen LogP contribution in [0.2, 0.25) is 0 Å². The molecule has 78 valence electrons. The van der Waals surface area contributed by atoms with Gasteiger partial charge in [0.05, 0.1) is 16.4 Å². The van der Waals surface area contributed by atoms with Gasteiger partial charge in [0.15, 0.2) is 0 Å². The number of nitrogens with zero attached hydrogens (tertiary/aromatic N) is 2. The third kappa shape index (κ3) is 1.90. The molecule has 1 aromatic carbocycles. The van der Waals surface area contributed by atoms with E-state index in [4.69, 9.17) is 5.73 Å². The van der Waals surface area contributed by atoms with Crippen LogP contribution in [-0.4, -0.2) is 9.78 Å². The Morgan fingerprint density at radius 3 is 2.93 bits per heavy atom.